The SMILES string of the molecule is O=C(Nc1nnc(CCCCc2nnc(NC(=O)[C@@H]3C[C@H]3c3ccccc3)s2)s1)[C@@H]1C[C@H]1c1ccccc1. The average Bonchev–Trinajstić information content (AvgIpc) is 3.84. The van der Waals surface area contributed by atoms with Crippen molar-refractivity contribution in [2.24, 2.45) is 11.8 Å². The fourth-order valence-electron chi connectivity index (χ4n) is 4.87. The Hall–Kier alpha value is -3.50. The van der Waals surface area contributed by atoms with Gasteiger partial charge in [0.05, 0.1) is 0 Å². The molecule has 4 atom stereocenters. The van der Waals surface area contributed by atoms with Gasteiger partial charge in [-0.15, -0.1) is 20.4 Å². The zero-order chi connectivity index (χ0) is 25.9. The van der Waals surface area contributed by atoms with Crippen molar-refractivity contribution in [1.29, 1.82) is 0 Å². The molecule has 2 N–H and O–H groups in total. The van der Waals surface area contributed by atoms with Crippen molar-refractivity contribution in [2.75, 3.05) is 10.6 Å². The molecule has 38 heavy (non-hydrogen) atoms. The van der Waals surface area contributed by atoms with Gasteiger partial charge in [0.25, 0.3) is 0 Å². The first kappa shape index (κ1) is 24.8. The van der Waals surface area contributed by atoms with Crippen LogP contribution in [0.5, 0.6) is 0 Å². The number of hydrogen-bond donors (Lipinski definition) is 2. The maximum Gasteiger partial charge on any atom is 0.229 e. The predicted molar refractivity (Wildman–Crippen MR) is 148 cm³/mol. The minimum atomic E-state index is 0.0147. The zero-order valence-corrected chi connectivity index (χ0v) is 22.4. The normalized spacial score (nSPS) is 21.6. The summed E-state index contributed by atoms with van der Waals surface area (Å²) < 4.78 is 0. The first-order valence-electron chi connectivity index (χ1n) is 13.0. The van der Waals surface area contributed by atoms with Crippen LogP contribution in [0.15, 0.2) is 60.7 Å². The number of rotatable bonds is 11. The molecule has 0 radical (unpaired) electrons. The number of nitrogens with one attached hydrogen (secondary N) is 2. The second-order valence-corrected chi connectivity index (χ2v) is 12.0. The molecular formula is C28H28N6O2S2. The molecule has 2 heterocycles. The molecule has 4 aromatic rings. The second kappa shape index (κ2) is 11.1. The predicted octanol–water partition coefficient (Wildman–Crippen LogP) is 5.44. The Morgan fingerprint density at radius 3 is 1.50 bits per heavy atom. The first-order valence-corrected chi connectivity index (χ1v) is 14.6. The molecule has 2 aromatic carbocycles. The molecule has 6 rings (SSSR count). The fourth-order valence-corrected chi connectivity index (χ4v) is 6.43. The number of carbonyl (C=O) groups excluding carboxylic acids is 2. The molecule has 2 aromatic heterocycles. The lowest BCUT2D eigenvalue weighted by Crippen LogP contribution is -2.14. The van der Waals surface area contributed by atoms with Crippen molar-refractivity contribution >= 4 is 44.8 Å². The molecule has 2 amide bonds. The molecule has 194 valence electrons. The number of hydrogen-bond acceptors (Lipinski definition) is 8. The highest BCUT2D eigenvalue weighted by molar-refractivity contribution is 7.15. The molecule has 0 bridgehead atoms. The minimum Gasteiger partial charge on any atom is -0.300 e. The molecule has 0 saturated heterocycles. The summed E-state index contributed by atoms with van der Waals surface area (Å²) in [5.41, 5.74) is 2.44. The third-order valence-electron chi connectivity index (χ3n) is 7.14. The highest BCUT2D eigenvalue weighted by atomic mass is 32.1. The number of benzene rings is 2. The fraction of sp³-hybridized carbons (Fsp3) is 0.357. The van der Waals surface area contributed by atoms with Gasteiger partial charge in [0.15, 0.2) is 0 Å². The molecule has 0 aliphatic heterocycles. The summed E-state index contributed by atoms with van der Waals surface area (Å²) in [6.07, 6.45) is 5.23. The number of aromatic nitrogens is 4. The van der Waals surface area contributed by atoms with E-state index in [4.69, 9.17) is 0 Å². The largest absolute Gasteiger partial charge is 0.300 e. The van der Waals surface area contributed by atoms with Gasteiger partial charge in [-0.3, -0.25) is 9.59 Å². The van der Waals surface area contributed by atoms with Crippen molar-refractivity contribution in [1.82, 2.24) is 20.4 Å². The smallest absolute Gasteiger partial charge is 0.229 e. The quantitative estimate of drug-likeness (QED) is 0.243. The van der Waals surface area contributed by atoms with E-state index in [1.54, 1.807) is 0 Å². The van der Waals surface area contributed by atoms with Gasteiger partial charge in [0.2, 0.25) is 22.1 Å². The molecule has 2 fully saturated rings. The van der Waals surface area contributed by atoms with Gasteiger partial charge < -0.3 is 10.6 Å². The van der Waals surface area contributed by atoms with Crippen LogP contribution in [0.4, 0.5) is 10.3 Å². The van der Waals surface area contributed by atoms with Crippen molar-refractivity contribution in [2.45, 2.75) is 50.4 Å². The van der Waals surface area contributed by atoms with Gasteiger partial charge in [-0.05, 0) is 48.6 Å². The second-order valence-electron chi connectivity index (χ2n) is 9.91. The summed E-state index contributed by atoms with van der Waals surface area (Å²) in [5, 5.41) is 25.6. The Balaban J connectivity index is 0.897. The summed E-state index contributed by atoms with van der Waals surface area (Å²) in [5.74, 6) is 0.688. The van der Waals surface area contributed by atoms with Crippen LogP contribution in [0.3, 0.4) is 0 Å². The van der Waals surface area contributed by atoms with Gasteiger partial charge in [-0.1, -0.05) is 83.3 Å². The standard InChI is InChI=1S/C28H28N6O2S2/c35-25(21-15-19(21)17-9-3-1-4-10-17)29-27-33-31-23(37-27)13-7-8-14-24-32-34-28(38-24)30-26(36)22-16-20(22)18-11-5-2-6-12-18/h1-6,9-12,19-22H,7-8,13-16H2,(H,29,33,35)(H,30,34,36)/t19-,20-,21+,22+/m0/s1. The monoisotopic (exact) mass is 544 g/mol. The third-order valence-corrected chi connectivity index (χ3v) is 8.93. The lowest BCUT2D eigenvalue weighted by molar-refractivity contribution is -0.118. The minimum absolute atomic E-state index is 0.0147. The van der Waals surface area contributed by atoms with Gasteiger partial charge in [-0.2, -0.15) is 0 Å². The van der Waals surface area contributed by atoms with E-state index in [0.29, 0.717) is 22.1 Å². The van der Waals surface area contributed by atoms with Crippen LogP contribution in [0.1, 0.15) is 58.7 Å². The topological polar surface area (TPSA) is 110 Å². The molecule has 2 aliphatic carbocycles. The Morgan fingerprint density at radius 2 is 1.08 bits per heavy atom. The first-order chi connectivity index (χ1) is 18.6. The van der Waals surface area contributed by atoms with Gasteiger partial charge >= 0.3 is 0 Å². The summed E-state index contributed by atoms with van der Waals surface area (Å²) in [7, 11) is 0. The summed E-state index contributed by atoms with van der Waals surface area (Å²) >= 11 is 2.88. The van der Waals surface area contributed by atoms with E-state index in [9.17, 15) is 9.59 Å². The van der Waals surface area contributed by atoms with Crippen LogP contribution >= 0.6 is 22.7 Å². The van der Waals surface area contributed by atoms with Crippen molar-refractivity contribution in [3.8, 4) is 0 Å². The van der Waals surface area contributed by atoms with Gasteiger partial charge in [0, 0.05) is 24.7 Å². The lowest BCUT2D eigenvalue weighted by atomic mass is 10.1. The third kappa shape index (κ3) is 5.97. The molecule has 0 spiro atoms. The van der Waals surface area contributed by atoms with E-state index in [-0.39, 0.29) is 23.7 Å². The number of aryl methyl sites for hydroxylation is 2. The Labute approximate surface area is 228 Å². The summed E-state index contributed by atoms with van der Waals surface area (Å²) in [4.78, 5) is 25.1. The maximum absolute atomic E-state index is 12.6. The molecule has 0 unspecified atom stereocenters. The van der Waals surface area contributed by atoms with Gasteiger partial charge in [-0.25, -0.2) is 0 Å². The van der Waals surface area contributed by atoms with E-state index >= 15 is 0 Å². The van der Waals surface area contributed by atoms with Crippen LogP contribution in [-0.4, -0.2) is 32.2 Å². The zero-order valence-electron chi connectivity index (χ0n) is 20.7. The average molecular weight is 545 g/mol. The van der Waals surface area contributed by atoms with Crippen LogP contribution < -0.4 is 10.6 Å². The highest BCUT2D eigenvalue weighted by Gasteiger charge is 2.44. The van der Waals surface area contributed by atoms with Crippen molar-refractivity contribution in [3.05, 3.63) is 81.8 Å². The van der Waals surface area contributed by atoms with E-state index in [1.807, 2.05) is 36.4 Å². The van der Waals surface area contributed by atoms with E-state index in [1.165, 1.54) is 33.8 Å². The summed E-state index contributed by atoms with van der Waals surface area (Å²) in [6.45, 7) is 0. The molecule has 10 heteroatoms. The number of carbonyl (C=O) groups is 2. The van der Waals surface area contributed by atoms with Gasteiger partial charge in [0.1, 0.15) is 10.0 Å². The van der Waals surface area contributed by atoms with Crippen LogP contribution in [0, 0.1) is 11.8 Å². The molecular weight excluding hydrogens is 516 g/mol. The Bertz CT molecular complexity index is 1300. The Kier molecular flexibility index (Phi) is 7.24. The molecule has 2 aliphatic rings. The Morgan fingerprint density at radius 1 is 0.658 bits per heavy atom. The summed E-state index contributed by atoms with van der Waals surface area (Å²) in [6, 6.07) is 20.3. The maximum atomic E-state index is 12.6. The highest BCUT2D eigenvalue weighted by Crippen LogP contribution is 2.48. The number of nitrogens with zero attached hydrogens (tertiary/aromatic N) is 4. The number of amides is 2. The number of unbranched alkanes of at least 4 members (excludes halogenated alkanes) is 1. The van der Waals surface area contributed by atoms with Crippen molar-refractivity contribution < 1.29 is 9.59 Å². The van der Waals surface area contributed by atoms with E-state index in [0.717, 1.165) is 48.5 Å². The molecule has 2 saturated carbocycles. The van der Waals surface area contributed by atoms with E-state index in [2.05, 4.69) is 55.3 Å². The van der Waals surface area contributed by atoms with Crippen LogP contribution in [0.25, 0.3) is 0 Å². The van der Waals surface area contributed by atoms with E-state index < -0.39 is 0 Å². The lowest BCUT2D eigenvalue weighted by Gasteiger charge is -2.01. The number of anilines is 2. The van der Waals surface area contributed by atoms with Crippen molar-refractivity contribution in [3.63, 3.8) is 0 Å². The van der Waals surface area contributed by atoms with Crippen LogP contribution in [-0.2, 0) is 22.4 Å². The van der Waals surface area contributed by atoms with Crippen LogP contribution in [0.2, 0.25) is 0 Å². The molecule has 8 nitrogen and oxygen atoms in total.